The molecule has 2 aromatic carbocycles. The van der Waals surface area contributed by atoms with Crippen LogP contribution in [0.3, 0.4) is 0 Å². The highest BCUT2D eigenvalue weighted by Crippen LogP contribution is 2.35. The molecule has 1 nitrogen and oxygen atoms in total. The Morgan fingerprint density at radius 1 is 0.833 bits per heavy atom. The fourth-order valence-corrected chi connectivity index (χ4v) is 2.76. The van der Waals surface area contributed by atoms with Crippen LogP contribution in [0.15, 0.2) is 48.5 Å². The van der Waals surface area contributed by atoms with Crippen LogP contribution in [0.2, 0.25) is 0 Å². The minimum absolute atomic E-state index is 0.100. The molecule has 0 aromatic heterocycles. The Bertz CT molecular complexity index is 617. The summed E-state index contributed by atoms with van der Waals surface area (Å²) in [6.45, 7) is 5.85. The number of rotatable bonds is 8. The first-order valence-electron chi connectivity index (χ1n) is 8.70. The molecule has 0 saturated carbocycles. The third kappa shape index (κ3) is 4.88. The van der Waals surface area contributed by atoms with Crippen molar-refractivity contribution >= 4 is 0 Å². The van der Waals surface area contributed by atoms with E-state index in [0.717, 1.165) is 36.8 Å². The molecular formula is C21H26F2O. The molecule has 1 unspecified atom stereocenters. The predicted molar refractivity (Wildman–Crippen MR) is 94.3 cm³/mol. The first-order valence-corrected chi connectivity index (χ1v) is 8.70. The maximum Gasteiger partial charge on any atom is 0.383 e. The van der Waals surface area contributed by atoms with Gasteiger partial charge in [-0.2, -0.15) is 8.78 Å². The van der Waals surface area contributed by atoms with Crippen LogP contribution < -0.4 is 0 Å². The molecule has 0 aliphatic rings. The second kappa shape index (κ2) is 8.39. The SMILES string of the molecule is CCCc1ccc(C(C)OC(F)(F)c2ccc(CCC)cc2)cc1. The van der Waals surface area contributed by atoms with Gasteiger partial charge in [-0.25, -0.2) is 0 Å². The smallest absolute Gasteiger partial charge is 0.309 e. The summed E-state index contributed by atoms with van der Waals surface area (Å²) < 4.78 is 33.9. The lowest BCUT2D eigenvalue weighted by Crippen LogP contribution is -2.20. The summed E-state index contributed by atoms with van der Waals surface area (Å²) in [5.41, 5.74) is 2.94. The van der Waals surface area contributed by atoms with Crippen molar-refractivity contribution < 1.29 is 13.5 Å². The summed E-state index contributed by atoms with van der Waals surface area (Å²) in [5.74, 6) is 0. The van der Waals surface area contributed by atoms with E-state index in [1.807, 2.05) is 24.3 Å². The summed E-state index contributed by atoms with van der Waals surface area (Å²) in [5, 5.41) is 0. The molecule has 2 aromatic rings. The van der Waals surface area contributed by atoms with Crippen LogP contribution in [0, 0.1) is 0 Å². The van der Waals surface area contributed by atoms with Crippen LogP contribution in [-0.2, 0) is 23.7 Å². The lowest BCUT2D eigenvalue weighted by molar-refractivity contribution is -0.272. The molecule has 1 atom stereocenters. The molecule has 0 aliphatic heterocycles. The first kappa shape index (κ1) is 18.6. The van der Waals surface area contributed by atoms with E-state index in [1.54, 1.807) is 19.1 Å². The fourth-order valence-electron chi connectivity index (χ4n) is 2.76. The van der Waals surface area contributed by atoms with Crippen LogP contribution in [0.4, 0.5) is 8.78 Å². The number of hydrogen-bond donors (Lipinski definition) is 0. The Balaban J connectivity index is 2.06. The summed E-state index contributed by atoms with van der Waals surface area (Å²) in [6, 6.07) is 14.1. The van der Waals surface area contributed by atoms with Gasteiger partial charge in [-0.3, -0.25) is 0 Å². The molecule has 0 radical (unpaired) electrons. The molecule has 0 fully saturated rings. The molecular weight excluding hydrogens is 306 g/mol. The van der Waals surface area contributed by atoms with E-state index in [4.69, 9.17) is 4.74 Å². The Morgan fingerprint density at radius 3 is 1.75 bits per heavy atom. The summed E-state index contributed by atoms with van der Waals surface area (Å²) in [4.78, 5) is 0. The minimum atomic E-state index is -3.30. The number of ether oxygens (including phenoxy) is 1. The summed E-state index contributed by atoms with van der Waals surface area (Å²) in [6.07, 6.45) is -0.0182. The maximum atomic E-state index is 14.4. The molecule has 24 heavy (non-hydrogen) atoms. The van der Waals surface area contributed by atoms with E-state index >= 15 is 0 Å². The molecule has 0 bridgehead atoms. The van der Waals surface area contributed by atoms with Crippen molar-refractivity contribution in [1.82, 2.24) is 0 Å². The van der Waals surface area contributed by atoms with Crippen molar-refractivity contribution in [1.29, 1.82) is 0 Å². The summed E-state index contributed by atoms with van der Waals surface area (Å²) >= 11 is 0. The zero-order valence-electron chi connectivity index (χ0n) is 14.7. The predicted octanol–water partition coefficient (Wildman–Crippen LogP) is 6.42. The quantitative estimate of drug-likeness (QED) is 0.542. The molecule has 0 heterocycles. The van der Waals surface area contributed by atoms with Crippen LogP contribution >= 0.6 is 0 Å². The van der Waals surface area contributed by atoms with E-state index < -0.39 is 12.2 Å². The Hall–Kier alpha value is -1.74. The lowest BCUT2D eigenvalue weighted by Gasteiger charge is -2.22. The average Bonchev–Trinajstić information content (AvgIpc) is 2.56. The Morgan fingerprint density at radius 2 is 1.29 bits per heavy atom. The fraction of sp³-hybridized carbons (Fsp3) is 0.429. The largest absolute Gasteiger partial charge is 0.383 e. The number of hydrogen-bond acceptors (Lipinski definition) is 1. The van der Waals surface area contributed by atoms with E-state index in [1.165, 1.54) is 17.7 Å². The van der Waals surface area contributed by atoms with Gasteiger partial charge >= 0.3 is 6.11 Å². The number of aryl methyl sites for hydroxylation is 2. The third-order valence-corrected chi connectivity index (χ3v) is 4.14. The van der Waals surface area contributed by atoms with Crippen LogP contribution in [-0.4, -0.2) is 0 Å². The van der Waals surface area contributed by atoms with Gasteiger partial charge in [0.15, 0.2) is 0 Å². The molecule has 0 saturated heterocycles. The van der Waals surface area contributed by atoms with Crippen molar-refractivity contribution in [3.63, 3.8) is 0 Å². The number of benzene rings is 2. The second-order valence-electron chi connectivity index (χ2n) is 6.22. The van der Waals surface area contributed by atoms with Crippen molar-refractivity contribution in [3.05, 3.63) is 70.8 Å². The van der Waals surface area contributed by atoms with Gasteiger partial charge in [0.05, 0.1) is 11.7 Å². The normalized spacial score (nSPS) is 13.0. The molecule has 0 aliphatic carbocycles. The number of alkyl halides is 2. The number of halogens is 2. The average molecular weight is 332 g/mol. The highest BCUT2D eigenvalue weighted by Gasteiger charge is 2.35. The van der Waals surface area contributed by atoms with Gasteiger partial charge in [-0.1, -0.05) is 75.2 Å². The zero-order chi connectivity index (χ0) is 17.6. The van der Waals surface area contributed by atoms with Gasteiger partial charge in [-0.05, 0) is 36.5 Å². The minimum Gasteiger partial charge on any atom is -0.309 e. The Labute approximate surface area is 143 Å². The molecule has 0 amide bonds. The van der Waals surface area contributed by atoms with E-state index in [0.29, 0.717) is 0 Å². The van der Waals surface area contributed by atoms with E-state index in [2.05, 4.69) is 13.8 Å². The van der Waals surface area contributed by atoms with Gasteiger partial charge in [-0.15, -0.1) is 0 Å². The maximum absolute atomic E-state index is 14.4. The lowest BCUT2D eigenvalue weighted by atomic mass is 10.0. The van der Waals surface area contributed by atoms with Gasteiger partial charge < -0.3 is 4.74 Å². The van der Waals surface area contributed by atoms with E-state index in [-0.39, 0.29) is 5.56 Å². The van der Waals surface area contributed by atoms with Crippen LogP contribution in [0.5, 0.6) is 0 Å². The standard InChI is InChI=1S/C21H26F2O/c1-4-6-17-8-12-19(13-9-17)16(3)24-21(22,23)20-14-10-18(7-5-2)11-15-20/h8-16H,4-7H2,1-3H3. The highest BCUT2D eigenvalue weighted by atomic mass is 19.3. The van der Waals surface area contributed by atoms with Crippen molar-refractivity contribution in [3.8, 4) is 0 Å². The molecule has 0 spiro atoms. The monoisotopic (exact) mass is 332 g/mol. The van der Waals surface area contributed by atoms with Gasteiger partial charge in [0, 0.05) is 0 Å². The third-order valence-electron chi connectivity index (χ3n) is 4.14. The zero-order valence-corrected chi connectivity index (χ0v) is 14.7. The van der Waals surface area contributed by atoms with Gasteiger partial charge in [0.2, 0.25) is 0 Å². The summed E-state index contributed by atoms with van der Waals surface area (Å²) in [7, 11) is 0. The van der Waals surface area contributed by atoms with Gasteiger partial charge in [0.1, 0.15) is 0 Å². The van der Waals surface area contributed by atoms with Crippen LogP contribution in [0.25, 0.3) is 0 Å². The highest BCUT2D eigenvalue weighted by molar-refractivity contribution is 5.26. The molecule has 2 rings (SSSR count). The van der Waals surface area contributed by atoms with Gasteiger partial charge in [0.25, 0.3) is 0 Å². The van der Waals surface area contributed by atoms with E-state index in [9.17, 15) is 8.78 Å². The Kier molecular flexibility index (Phi) is 6.50. The first-order chi connectivity index (χ1) is 11.5. The van der Waals surface area contributed by atoms with Crippen molar-refractivity contribution in [2.24, 2.45) is 0 Å². The second-order valence-corrected chi connectivity index (χ2v) is 6.22. The molecule has 0 N–H and O–H groups in total. The van der Waals surface area contributed by atoms with Crippen molar-refractivity contribution in [2.75, 3.05) is 0 Å². The van der Waals surface area contributed by atoms with Crippen LogP contribution in [0.1, 0.15) is 62.0 Å². The molecule has 3 heteroatoms. The topological polar surface area (TPSA) is 9.23 Å². The molecule has 130 valence electrons. The van der Waals surface area contributed by atoms with Crippen molar-refractivity contribution in [2.45, 2.75) is 58.7 Å².